The monoisotopic (exact) mass is 473 g/mol. The summed E-state index contributed by atoms with van der Waals surface area (Å²) in [4.78, 5) is 10.1. The molecule has 1 aliphatic rings. The first kappa shape index (κ1) is 23.9. The molecule has 36 heavy (non-hydrogen) atoms. The summed E-state index contributed by atoms with van der Waals surface area (Å²) in [5.41, 5.74) is 8.32. The number of aliphatic imine (C=N–C) groups is 1. The van der Waals surface area contributed by atoms with Crippen molar-refractivity contribution in [3.8, 4) is 11.1 Å². The fourth-order valence-electron chi connectivity index (χ4n) is 4.81. The molecular weight excluding hydrogens is 438 g/mol. The lowest BCUT2D eigenvalue weighted by Gasteiger charge is -2.34. The van der Waals surface area contributed by atoms with Gasteiger partial charge < -0.3 is 9.80 Å². The van der Waals surface area contributed by atoms with Gasteiger partial charge in [-0.05, 0) is 75.6 Å². The average Bonchev–Trinajstić information content (AvgIpc) is 3.26. The fourth-order valence-corrected chi connectivity index (χ4v) is 4.81. The third kappa shape index (κ3) is 4.92. The highest BCUT2D eigenvalue weighted by atomic mass is 15.5. The number of anilines is 1. The minimum atomic E-state index is -0.0782. The van der Waals surface area contributed by atoms with E-state index >= 15 is 0 Å². The smallest absolute Gasteiger partial charge is 0.207 e. The summed E-state index contributed by atoms with van der Waals surface area (Å²) in [5, 5.41) is 0. The van der Waals surface area contributed by atoms with E-state index < -0.39 is 0 Å². The van der Waals surface area contributed by atoms with Gasteiger partial charge in [0.1, 0.15) is 0 Å². The molecule has 1 heterocycles. The lowest BCUT2D eigenvalue weighted by Crippen LogP contribution is -2.45. The Labute approximate surface area is 215 Å². The molecule has 182 valence electrons. The summed E-state index contributed by atoms with van der Waals surface area (Å²) in [7, 11) is 0. The first-order chi connectivity index (χ1) is 17.3. The number of nitrogens with zero attached hydrogens (tertiary/aromatic N) is 3. The van der Waals surface area contributed by atoms with Crippen molar-refractivity contribution < 1.29 is 0 Å². The molecule has 1 saturated heterocycles. The van der Waals surface area contributed by atoms with Gasteiger partial charge in [-0.15, -0.1) is 0 Å². The SMILES string of the molecule is Cc1ccc(N=C2N(c3ccc(C)cc3)[C@@H](c3ccc(-c4ccccc4)cc3)CN2C(C)(C)C)cc1. The maximum Gasteiger partial charge on any atom is 0.207 e. The van der Waals surface area contributed by atoms with E-state index in [0.29, 0.717) is 0 Å². The van der Waals surface area contributed by atoms with Crippen LogP contribution in [0, 0.1) is 13.8 Å². The molecule has 0 saturated carbocycles. The Bertz CT molecular complexity index is 1330. The molecular formula is C33H35N3. The molecule has 0 aliphatic carbocycles. The summed E-state index contributed by atoms with van der Waals surface area (Å²) >= 11 is 0. The van der Waals surface area contributed by atoms with E-state index in [9.17, 15) is 0 Å². The van der Waals surface area contributed by atoms with Crippen molar-refractivity contribution in [3.05, 3.63) is 120 Å². The van der Waals surface area contributed by atoms with Crippen molar-refractivity contribution in [1.82, 2.24) is 4.90 Å². The van der Waals surface area contributed by atoms with Crippen molar-refractivity contribution in [2.45, 2.75) is 46.2 Å². The number of guanidine groups is 1. The van der Waals surface area contributed by atoms with Crippen molar-refractivity contribution >= 4 is 17.3 Å². The predicted molar refractivity (Wildman–Crippen MR) is 153 cm³/mol. The van der Waals surface area contributed by atoms with Gasteiger partial charge in [-0.1, -0.05) is 90.0 Å². The largest absolute Gasteiger partial charge is 0.335 e. The second-order valence-electron chi connectivity index (χ2n) is 10.7. The van der Waals surface area contributed by atoms with Gasteiger partial charge >= 0.3 is 0 Å². The molecule has 5 rings (SSSR count). The van der Waals surface area contributed by atoms with Crippen molar-refractivity contribution in [2.75, 3.05) is 11.4 Å². The van der Waals surface area contributed by atoms with Gasteiger partial charge in [0, 0.05) is 17.8 Å². The Kier molecular flexibility index (Phi) is 6.40. The maximum absolute atomic E-state index is 5.24. The zero-order valence-corrected chi connectivity index (χ0v) is 21.9. The lowest BCUT2D eigenvalue weighted by atomic mass is 9.99. The standard InChI is InChI=1S/C33H35N3/c1-24-11-19-29(20-12-24)34-32-35(33(3,4)5)23-31(36(32)30-21-13-25(2)14-22-30)28-17-15-27(16-18-28)26-9-7-6-8-10-26/h6-22,31H,23H2,1-5H3/t31-/m1/s1. The van der Waals surface area contributed by atoms with E-state index in [1.54, 1.807) is 0 Å². The zero-order valence-electron chi connectivity index (χ0n) is 21.9. The number of benzene rings is 4. The van der Waals surface area contributed by atoms with Crippen LogP contribution in [0.3, 0.4) is 0 Å². The maximum atomic E-state index is 5.24. The molecule has 0 radical (unpaired) electrons. The summed E-state index contributed by atoms with van der Waals surface area (Å²) in [6.45, 7) is 11.9. The number of hydrogen-bond acceptors (Lipinski definition) is 1. The van der Waals surface area contributed by atoms with Crippen LogP contribution in [0.4, 0.5) is 11.4 Å². The van der Waals surface area contributed by atoms with Crippen molar-refractivity contribution in [1.29, 1.82) is 0 Å². The second kappa shape index (κ2) is 9.66. The Balaban J connectivity index is 1.61. The highest BCUT2D eigenvalue weighted by Gasteiger charge is 2.42. The van der Waals surface area contributed by atoms with Crippen LogP contribution in [-0.4, -0.2) is 22.9 Å². The van der Waals surface area contributed by atoms with Crippen molar-refractivity contribution in [3.63, 3.8) is 0 Å². The van der Waals surface area contributed by atoms with Crippen LogP contribution < -0.4 is 4.90 Å². The number of aryl methyl sites for hydroxylation is 2. The highest BCUT2D eigenvalue weighted by Crippen LogP contribution is 2.39. The van der Waals surface area contributed by atoms with Crippen LogP contribution in [0.25, 0.3) is 11.1 Å². The van der Waals surface area contributed by atoms with Gasteiger partial charge in [-0.2, -0.15) is 0 Å². The molecule has 0 aromatic heterocycles. The van der Waals surface area contributed by atoms with Crippen LogP contribution in [-0.2, 0) is 0 Å². The Morgan fingerprint density at radius 2 is 1.22 bits per heavy atom. The van der Waals surface area contributed by atoms with Gasteiger partial charge in [-0.25, -0.2) is 4.99 Å². The molecule has 4 aromatic rings. The molecule has 4 aromatic carbocycles. The Morgan fingerprint density at radius 3 is 1.81 bits per heavy atom. The van der Waals surface area contributed by atoms with Crippen LogP contribution in [0.1, 0.15) is 43.5 Å². The molecule has 1 atom stereocenters. The summed E-state index contributed by atoms with van der Waals surface area (Å²) in [6.07, 6.45) is 0. The lowest BCUT2D eigenvalue weighted by molar-refractivity contribution is 0.249. The van der Waals surface area contributed by atoms with Gasteiger partial charge in [0.25, 0.3) is 0 Å². The van der Waals surface area contributed by atoms with E-state index in [1.165, 1.54) is 27.8 Å². The van der Waals surface area contributed by atoms with E-state index in [-0.39, 0.29) is 11.6 Å². The Hall–Kier alpha value is -3.85. The topological polar surface area (TPSA) is 18.8 Å². The summed E-state index contributed by atoms with van der Waals surface area (Å²) in [6, 6.07) is 37.1. The van der Waals surface area contributed by atoms with Crippen LogP contribution >= 0.6 is 0 Å². The van der Waals surface area contributed by atoms with Gasteiger partial charge in [0.05, 0.1) is 11.7 Å². The van der Waals surface area contributed by atoms with Gasteiger partial charge in [0.15, 0.2) is 0 Å². The zero-order chi connectivity index (χ0) is 25.3. The molecule has 1 aliphatic heterocycles. The third-order valence-corrected chi connectivity index (χ3v) is 6.91. The van der Waals surface area contributed by atoms with Crippen LogP contribution in [0.5, 0.6) is 0 Å². The molecule has 3 heteroatoms. The molecule has 3 nitrogen and oxygen atoms in total. The average molecular weight is 474 g/mol. The van der Waals surface area contributed by atoms with E-state index in [2.05, 4.69) is 148 Å². The molecule has 0 N–H and O–H groups in total. The minimum Gasteiger partial charge on any atom is -0.335 e. The third-order valence-electron chi connectivity index (χ3n) is 6.91. The van der Waals surface area contributed by atoms with Gasteiger partial charge in [-0.3, -0.25) is 0 Å². The van der Waals surface area contributed by atoms with Crippen LogP contribution in [0.15, 0.2) is 108 Å². The summed E-state index contributed by atoms with van der Waals surface area (Å²) in [5.74, 6) is 0.993. The van der Waals surface area contributed by atoms with Gasteiger partial charge in [0.2, 0.25) is 5.96 Å². The molecule has 0 spiro atoms. The highest BCUT2D eigenvalue weighted by molar-refractivity contribution is 6.01. The normalized spacial score (nSPS) is 17.1. The number of rotatable bonds is 4. The Morgan fingerprint density at radius 1 is 0.667 bits per heavy atom. The van der Waals surface area contributed by atoms with Crippen LogP contribution in [0.2, 0.25) is 0 Å². The molecule has 0 amide bonds. The van der Waals surface area contributed by atoms with E-state index in [4.69, 9.17) is 4.99 Å². The second-order valence-corrected chi connectivity index (χ2v) is 10.7. The number of hydrogen-bond donors (Lipinski definition) is 0. The van der Waals surface area contributed by atoms with Crippen molar-refractivity contribution in [2.24, 2.45) is 4.99 Å². The minimum absolute atomic E-state index is 0.0782. The molecule has 1 fully saturated rings. The molecule has 0 bridgehead atoms. The molecule has 0 unspecified atom stereocenters. The van der Waals surface area contributed by atoms with E-state index in [0.717, 1.165) is 23.9 Å². The fraction of sp³-hybridized carbons (Fsp3) is 0.242. The van der Waals surface area contributed by atoms with E-state index in [1.807, 2.05) is 0 Å². The summed E-state index contributed by atoms with van der Waals surface area (Å²) < 4.78 is 0. The quantitative estimate of drug-likeness (QED) is 0.297. The first-order valence-corrected chi connectivity index (χ1v) is 12.7. The predicted octanol–water partition coefficient (Wildman–Crippen LogP) is 8.32. The first-order valence-electron chi connectivity index (χ1n) is 12.7.